The molecule has 0 saturated carbocycles. The van der Waals surface area contributed by atoms with Gasteiger partial charge in [-0.25, -0.2) is 0 Å². The number of fused-ring (bicyclic) bond motifs is 2. The molecule has 0 nitrogen and oxygen atoms in total. The van der Waals surface area contributed by atoms with E-state index in [4.69, 9.17) is 25.3 Å². The molecule has 0 heterocycles. The molecule has 0 aromatic heterocycles. The quantitative estimate of drug-likeness (QED) is 0.681. The second-order valence-electron chi connectivity index (χ2n) is 6.48. The summed E-state index contributed by atoms with van der Waals surface area (Å²) >= 11 is 9.60. The van der Waals surface area contributed by atoms with E-state index >= 15 is 0 Å². The Morgan fingerprint density at radius 1 is 0.696 bits per heavy atom. The summed E-state index contributed by atoms with van der Waals surface area (Å²) in [6, 6.07) is 17.4. The Bertz CT molecular complexity index is 720. The first-order valence-corrected chi connectivity index (χ1v) is 9.32. The molecule has 116 valence electrons. The second kappa shape index (κ2) is 5.92. The van der Waals surface area contributed by atoms with Crippen LogP contribution in [0.4, 0.5) is 0 Å². The summed E-state index contributed by atoms with van der Waals surface area (Å²) in [4.78, 5) is 0. The van der Waals surface area contributed by atoms with E-state index in [1.54, 1.807) is 0 Å². The van der Waals surface area contributed by atoms with Crippen LogP contribution >= 0.6 is 25.3 Å². The van der Waals surface area contributed by atoms with Crippen LogP contribution in [0.2, 0.25) is 0 Å². The molecule has 0 bridgehead atoms. The van der Waals surface area contributed by atoms with E-state index in [0.29, 0.717) is 11.8 Å². The highest BCUT2D eigenvalue weighted by Crippen LogP contribution is 2.55. The molecule has 0 aliphatic heterocycles. The molecule has 4 rings (SSSR count). The first-order valence-electron chi connectivity index (χ1n) is 8.06. The van der Waals surface area contributed by atoms with Crippen molar-refractivity contribution in [3.8, 4) is 0 Å². The Morgan fingerprint density at radius 3 is 1.57 bits per heavy atom. The zero-order valence-corrected chi connectivity index (χ0v) is 14.7. The van der Waals surface area contributed by atoms with Gasteiger partial charge in [0, 0.05) is 17.3 Å². The minimum Gasteiger partial charge on any atom is -0.179 e. The highest BCUT2D eigenvalue weighted by molar-refractivity contribution is 7.81. The van der Waals surface area contributed by atoms with Crippen molar-refractivity contribution in [1.29, 1.82) is 0 Å². The zero-order valence-electron chi connectivity index (χ0n) is 12.9. The fourth-order valence-corrected chi connectivity index (χ4v) is 5.33. The molecule has 0 amide bonds. The van der Waals surface area contributed by atoms with Crippen molar-refractivity contribution in [2.24, 2.45) is 5.41 Å². The van der Waals surface area contributed by atoms with Crippen LogP contribution in [0, 0.1) is 5.41 Å². The molecular formula is C21H20S2. The Kier molecular flexibility index (Phi) is 3.90. The summed E-state index contributed by atoms with van der Waals surface area (Å²) in [7, 11) is 0. The number of rotatable bonds is 4. The van der Waals surface area contributed by atoms with Crippen molar-refractivity contribution >= 4 is 37.4 Å². The van der Waals surface area contributed by atoms with Gasteiger partial charge in [0.1, 0.15) is 0 Å². The minimum absolute atomic E-state index is 0.0154. The van der Waals surface area contributed by atoms with Gasteiger partial charge in [-0.05, 0) is 33.8 Å². The summed E-state index contributed by atoms with van der Waals surface area (Å²) in [6.07, 6.45) is 9.22. The van der Waals surface area contributed by atoms with Crippen LogP contribution in [0.5, 0.6) is 0 Å². The number of hydrogen-bond acceptors (Lipinski definition) is 2. The van der Waals surface area contributed by atoms with Crippen LogP contribution in [0.25, 0.3) is 12.2 Å². The molecule has 2 unspecified atom stereocenters. The predicted octanol–water partition coefficient (Wildman–Crippen LogP) is 5.45. The van der Waals surface area contributed by atoms with Gasteiger partial charge in [-0.3, -0.25) is 0 Å². The van der Waals surface area contributed by atoms with Gasteiger partial charge in [-0.1, -0.05) is 72.8 Å². The van der Waals surface area contributed by atoms with Gasteiger partial charge in [-0.15, -0.1) is 0 Å². The van der Waals surface area contributed by atoms with Gasteiger partial charge in [0.15, 0.2) is 0 Å². The first kappa shape index (κ1) is 15.2. The fraction of sp³-hybridized carbons (Fsp3) is 0.238. The van der Waals surface area contributed by atoms with E-state index < -0.39 is 0 Å². The average Bonchev–Trinajstić information content (AvgIpc) is 3.23. The SMILES string of the molecule is SCC(CS)(C1C=Cc2ccccc21)C1C=Cc2ccccc21. The van der Waals surface area contributed by atoms with Gasteiger partial charge in [0.05, 0.1) is 0 Å². The Morgan fingerprint density at radius 2 is 1.13 bits per heavy atom. The van der Waals surface area contributed by atoms with Gasteiger partial charge in [0.2, 0.25) is 0 Å². The largest absolute Gasteiger partial charge is 0.179 e. The Labute approximate surface area is 149 Å². The molecule has 2 aromatic carbocycles. The van der Waals surface area contributed by atoms with Crippen molar-refractivity contribution in [3.63, 3.8) is 0 Å². The first-order chi connectivity index (χ1) is 11.3. The van der Waals surface area contributed by atoms with Gasteiger partial charge >= 0.3 is 0 Å². The van der Waals surface area contributed by atoms with Crippen LogP contribution in [0.3, 0.4) is 0 Å². The van der Waals surface area contributed by atoms with Gasteiger partial charge < -0.3 is 0 Å². The summed E-state index contributed by atoms with van der Waals surface area (Å²) in [5.74, 6) is 2.33. The zero-order chi connectivity index (χ0) is 15.9. The smallest absolute Gasteiger partial charge is 0.0108 e. The molecule has 23 heavy (non-hydrogen) atoms. The fourth-order valence-electron chi connectivity index (χ4n) is 4.14. The van der Waals surface area contributed by atoms with Crippen molar-refractivity contribution in [3.05, 3.63) is 82.9 Å². The summed E-state index contributed by atoms with van der Waals surface area (Å²) < 4.78 is 0. The van der Waals surface area contributed by atoms with Crippen molar-refractivity contribution in [1.82, 2.24) is 0 Å². The van der Waals surface area contributed by atoms with E-state index in [1.165, 1.54) is 22.3 Å². The lowest BCUT2D eigenvalue weighted by atomic mass is 9.65. The Balaban J connectivity index is 1.83. The van der Waals surface area contributed by atoms with Crippen molar-refractivity contribution in [2.75, 3.05) is 11.5 Å². The van der Waals surface area contributed by atoms with Gasteiger partial charge in [0.25, 0.3) is 0 Å². The van der Waals surface area contributed by atoms with E-state index in [2.05, 4.69) is 72.8 Å². The molecule has 0 fully saturated rings. The third-order valence-corrected chi connectivity index (χ3v) is 6.60. The maximum absolute atomic E-state index is 4.80. The highest BCUT2D eigenvalue weighted by Gasteiger charge is 2.46. The molecule has 2 atom stereocenters. The lowest BCUT2D eigenvalue weighted by Crippen LogP contribution is -2.37. The van der Waals surface area contributed by atoms with Crippen LogP contribution in [0.1, 0.15) is 34.1 Å². The Hall–Kier alpha value is -1.38. The minimum atomic E-state index is -0.0154. The van der Waals surface area contributed by atoms with Crippen LogP contribution in [0.15, 0.2) is 60.7 Å². The maximum atomic E-state index is 4.80. The molecule has 2 heteroatoms. The monoisotopic (exact) mass is 336 g/mol. The third kappa shape index (κ3) is 2.23. The third-order valence-electron chi connectivity index (χ3n) is 5.43. The molecule has 2 aliphatic carbocycles. The van der Waals surface area contributed by atoms with E-state index in [1.807, 2.05) is 0 Å². The molecule has 0 saturated heterocycles. The normalized spacial score (nSPS) is 21.5. The van der Waals surface area contributed by atoms with E-state index in [9.17, 15) is 0 Å². The van der Waals surface area contributed by atoms with Crippen LogP contribution in [-0.2, 0) is 0 Å². The van der Waals surface area contributed by atoms with Crippen molar-refractivity contribution < 1.29 is 0 Å². The molecule has 0 spiro atoms. The van der Waals surface area contributed by atoms with Crippen molar-refractivity contribution in [2.45, 2.75) is 11.8 Å². The molecule has 0 N–H and O–H groups in total. The number of thiol groups is 2. The summed E-state index contributed by atoms with van der Waals surface area (Å²) in [6.45, 7) is 0. The standard InChI is InChI=1S/C21H20S2/c22-13-21(14-23,19-11-9-15-5-1-3-7-17(15)19)20-12-10-16-6-2-4-8-18(16)20/h1-12,19-20,22-23H,13-14H2. The average molecular weight is 337 g/mol. The molecular weight excluding hydrogens is 316 g/mol. The summed E-state index contributed by atoms with van der Waals surface area (Å²) in [5, 5.41) is 0. The molecule has 2 aromatic rings. The number of hydrogen-bond donors (Lipinski definition) is 2. The number of allylic oxidation sites excluding steroid dienone is 2. The predicted molar refractivity (Wildman–Crippen MR) is 107 cm³/mol. The second-order valence-corrected chi connectivity index (χ2v) is 7.11. The summed E-state index contributed by atoms with van der Waals surface area (Å²) in [5.41, 5.74) is 5.47. The topological polar surface area (TPSA) is 0 Å². The molecule has 2 aliphatic rings. The highest BCUT2D eigenvalue weighted by atomic mass is 32.1. The van der Waals surface area contributed by atoms with E-state index in [0.717, 1.165) is 11.5 Å². The maximum Gasteiger partial charge on any atom is 0.0108 e. The van der Waals surface area contributed by atoms with Gasteiger partial charge in [-0.2, -0.15) is 25.3 Å². The lowest BCUT2D eigenvalue weighted by molar-refractivity contribution is 0.310. The van der Waals surface area contributed by atoms with Crippen LogP contribution < -0.4 is 0 Å². The van der Waals surface area contributed by atoms with E-state index in [-0.39, 0.29) is 5.41 Å². The number of benzene rings is 2. The lowest BCUT2D eigenvalue weighted by Gasteiger charge is -2.42. The molecule has 0 radical (unpaired) electrons. The van der Waals surface area contributed by atoms with Crippen LogP contribution in [-0.4, -0.2) is 11.5 Å².